The molecule has 5 nitrogen and oxygen atoms in total. The second-order valence-corrected chi connectivity index (χ2v) is 11.0. The van der Waals surface area contributed by atoms with Crippen molar-refractivity contribution in [2.24, 2.45) is 36.3 Å². The zero-order valence-corrected chi connectivity index (χ0v) is 17.5. The molecule has 1 heterocycles. The van der Waals surface area contributed by atoms with E-state index in [1.807, 2.05) is 18.2 Å². The van der Waals surface area contributed by atoms with Crippen LogP contribution in [-0.4, -0.2) is 15.0 Å². The summed E-state index contributed by atoms with van der Waals surface area (Å²) in [7, 11) is 3.55. The Balaban J connectivity index is 1.38. The average Bonchev–Trinajstić information content (AvgIpc) is 2.75. The molecule has 6 rings (SSSR count). The number of aromatic nitrogens is 2. The molecule has 0 radical (unpaired) electrons. The summed E-state index contributed by atoms with van der Waals surface area (Å²) in [6.07, 6.45) is 8.28. The first kappa shape index (κ1) is 18.0. The van der Waals surface area contributed by atoms with Crippen molar-refractivity contribution in [1.82, 2.24) is 9.13 Å². The van der Waals surface area contributed by atoms with Crippen molar-refractivity contribution in [3.63, 3.8) is 0 Å². The number of aryl methyl sites for hydroxylation is 2. The number of fused-ring (bicyclic) bond motifs is 1. The molecule has 0 saturated heterocycles. The fourth-order valence-electron chi connectivity index (χ4n) is 8.01. The van der Waals surface area contributed by atoms with Crippen LogP contribution in [0.2, 0.25) is 0 Å². The molecule has 150 valence electrons. The Morgan fingerprint density at radius 3 is 2.32 bits per heavy atom. The van der Waals surface area contributed by atoms with Crippen LogP contribution in [-0.2, 0) is 18.9 Å². The fourth-order valence-corrected chi connectivity index (χ4v) is 8.01. The number of hydrogen-bond acceptors (Lipinski definition) is 2. The molecular weight excluding hydrogens is 350 g/mol. The van der Waals surface area contributed by atoms with Gasteiger partial charge >= 0.3 is 5.69 Å². The first-order valence-corrected chi connectivity index (χ1v) is 10.5. The van der Waals surface area contributed by atoms with Crippen LogP contribution in [0.3, 0.4) is 0 Å². The largest absolute Gasteiger partial charge is 0.328 e. The number of benzene rings is 1. The molecule has 4 aliphatic carbocycles. The molecule has 1 amide bonds. The van der Waals surface area contributed by atoms with E-state index >= 15 is 0 Å². The highest BCUT2D eigenvalue weighted by Crippen LogP contribution is 2.70. The van der Waals surface area contributed by atoms with Crippen LogP contribution < -0.4 is 11.0 Å². The van der Waals surface area contributed by atoms with E-state index < -0.39 is 0 Å². The maximum Gasteiger partial charge on any atom is 0.328 e. The lowest BCUT2D eigenvalue weighted by Crippen LogP contribution is -2.55. The molecule has 1 aromatic carbocycles. The summed E-state index contributed by atoms with van der Waals surface area (Å²) in [5.41, 5.74) is 3.49. The molecule has 1 N–H and O–H groups in total. The second kappa shape index (κ2) is 5.52. The van der Waals surface area contributed by atoms with Crippen LogP contribution in [0.5, 0.6) is 0 Å². The average molecular weight is 382 g/mol. The molecule has 4 fully saturated rings. The topological polar surface area (TPSA) is 56.0 Å². The van der Waals surface area contributed by atoms with Gasteiger partial charge in [0.25, 0.3) is 0 Å². The summed E-state index contributed by atoms with van der Waals surface area (Å²) in [4.78, 5) is 25.2. The Morgan fingerprint density at radius 2 is 1.68 bits per heavy atom. The van der Waals surface area contributed by atoms with Gasteiger partial charge in [-0.1, -0.05) is 13.8 Å². The lowest BCUT2D eigenvalue weighted by molar-refractivity contribution is -0.153. The molecule has 1 aromatic heterocycles. The molecule has 0 unspecified atom stereocenters. The summed E-state index contributed by atoms with van der Waals surface area (Å²) in [6.45, 7) is 4.90. The minimum absolute atomic E-state index is 0.0477. The first-order valence-electron chi connectivity index (χ1n) is 10.5. The minimum Gasteiger partial charge on any atom is -0.326 e. The van der Waals surface area contributed by atoms with Gasteiger partial charge in [-0.15, -0.1) is 0 Å². The predicted octanol–water partition coefficient (Wildman–Crippen LogP) is 4.20. The SMILES string of the molecule is Cn1c(=O)n(C)c2cc(NC(=O)CC34CC5C[C@@](C)(C3)C[C@@](C)(C5)C4)ccc21. The van der Waals surface area contributed by atoms with Crippen molar-refractivity contribution in [3.8, 4) is 0 Å². The summed E-state index contributed by atoms with van der Waals surface area (Å²) in [5, 5.41) is 3.13. The van der Waals surface area contributed by atoms with E-state index in [4.69, 9.17) is 0 Å². The zero-order chi connectivity index (χ0) is 19.9. The quantitative estimate of drug-likeness (QED) is 0.866. The first-order chi connectivity index (χ1) is 13.1. The molecule has 0 spiro atoms. The Kier molecular flexibility index (Phi) is 3.55. The van der Waals surface area contributed by atoms with Crippen molar-refractivity contribution in [1.29, 1.82) is 0 Å². The van der Waals surface area contributed by atoms with Crippen molar-refractivity contribution in [3.05, 3.63) is 28.7 Å². The molecule has 2 aromatic rings. The van der Waals surface area contributed by atoms with Crippen LogP contribution in [0.4, 0.5) is 5.69 Å². The van der Waals surface area contributed by atoms with Gasteiger partial charge in [0.1, 0.15) is 0 Å². The molecule has 4 bridgehead atoms. The second-order valence-electron chi connectivity index (χ2n) is 11.0. The summed E-state index contributed by atoms with van der Waals surface area (Å²) < 4.78 is 3.27. The molecule has 4 aliphatic rings. The Morgan fingerprint density at radius 1 is 1.04 bits per heavy atom. The van der Waals surface area contributed by atoms with Gasteiger partial charge in [0.15, 0.2) is 0 Å². The third kappa shape index (κ3) is 2.66. The number of imidazole rings is 1. The van der Waals surface area contributed by atoms with Gasteiger partial charge in [0.2, 0.25) is 5.91 Å². The minimum atomic E-state index is -0.0477. The van der Waals surface area contributed by atoms with Gasteiger partial charge in [-0.05, 0) is 78.9 Å². The van der Waals surface area contributed by atoms with Crippen LogP contribution in [0.1, 0.15) is 58.8 Å². The molecular formula is C23H31N3O2. The van der Waals surface area contributed by atoms with Gasteiger partial charge in [0.05, 0.1) is 11.0 Å². The zero-order valence-electron chi connectivity index (χ0n) is 17.5. The molecule has 2 atom stereocenters. The van der Waals surface area contributed by atoms with Crippen LogP contribution in [0.25, 0.3) is 11.0 Å². The number of carbonyl (C=O) groups is 1. The van der Waals surface area contributed by atoms with Crippen molar-refractivity contribution >= 4 is 22.6 Å². The Bertz CT molecular complexity index is 1030. The van der Waals surface area contributed by atoms with E-state index in [9.17, 15) is 9.59 Å². The number of rotatable bonds is 3. The molecule has 5 heteroatoms. The van der Waals surface area contributed by atoms with Gasteiger partial charge in [0, 0.05) is 26.2 Å². The molecule has 4 saturated carbocycles. The number of carbonyl (C=O) groups excluding carboxylic acids is 1. The van der Waals surface area contributed by atoms with E-state index in [2.05, 4.69) is 19.2 Å². The summed E-state index contributed by atoms with van der Waals surface area (Å²) >= 11 is 0. The molecule has 28 heavy (non-hydrogen) atoms. The molecule has 0 aliphatic heterocycles. The predicted molar refractivity (Wildman–Crippen MR) is 111 cm³/mol. The maximum absolute atomic E-state index is 13.0. The number of hydrogen-bond donors (Lipinski definition) is 1. The van der Waals surface area contributed by atoms with Crippen molar-refractivity contribution in [2.75, 3.05) is 5.32 Å². The van der Waals surface area contributed by atoms with Crippen LogP contribution >= 0.6 is 0 Å². The van der Waals surface area contributed by atoms with Crippen LogP contribution in [0.15, 0.2) is 23.0 Å². The Labute approximate surface area is 166 Å². The number of anilines is 1. The maximum atomic E-state index is 13.0. The normalized spacial score (nSPS) is 36.2. The highest BCUT2D eigenvalue weighted by atomic mass is 16.2. The Hall–Kier alpha value is -2.04. The standard InChI is InChI=1S/C23H31N3O2/c1-21-8-15-9-22(2,12-21)14-23(10-15,13-21)11-19(27)24-16-5-6-17-18(7-16)26(4)20(28)25(17)3/h5-7,15H,8-14H2,1-4H3,(H,24,27)/t15?,21-,22-,23?/m1/s1. The van der Waals surface area contributed by atoms with E-state index in [0.29, 0.717) is 17.3 Å². The fraction of sp³-hybridized carbons (Fsp3) is 0.652. The highest BCUT2D eigenvalue weighted by Gasteiger charge is 2.60. The van der Waals surface area contributed by atoms with Crippen LogP contribution in [0, 0.1) is 22.2 Å². The third-order valence-corrected chi connectivity index (χ3v) is 7.83. The number of nitrogens with zero attached hydrogens (tertiary/aromatic N) is 2. The van der Waals surface area contributed by atoms with Crippen molar-refractivity contribution in [2.45, 2.75) is 58.8 Å². The number of nitrogens with one attached hydrogen (secondary N) is 1. The van der Waals surface area contributed by atoms with Gasteiger partial charge < -0.3 is 5.32 Å². The van der Waals surface area contributed by atoms with Crippen molar-refractivity contribution < 1.29 is 4.79 Å². The lowest BCUT2D eigenvalue weighted by Gasteiger charge is -2.65. The van der Waals surface area contributed by atoms with Gasteiger partial charge in [-0.25, -0.2) is 4.79 Å². The summed E-state index contributed by atoms with van der Waals surface area (Å²) in [6, 6.07) is 5.73. The van der Waals surface area contributed by atoms with E-state index in [0.717, 1.165) is 22.6 Å². The van der Waals surface area contributed by atoms with Gasteiger partial charge in [-0.2, -0.15) is 0 Å². The van der Waals surface area contributed by atoms with E-state index in [-0.39, 0.29) is 17.0 Å². The lowest BCUT2D eigenvalue weighted by atomic mass is 9.40. The van der Waals surface area contributed by atoms with Gasteiger partial charge in [-0.3, -0.25) is 13.9 Å². The monoisotopic (exact) mass is 381 g/mol. The van der Waals surface area contributed by atoms with E-state index in [1.165, 1.54) is 38.5 Å². The summed E-state index contributed by atoms with van der Waals surface area (Å²) in [5.74, 6) is 0.920. The van der Waals surface area contributed by atoms with E-state index in [1.54, 1.807) is 23.2 Å². The third-order valence-electron chi connectivity index (χ3n) is 7.83. The smallest absolute Gasteiger partial charge is 0.326 e. The number of amides is 1. The highest BCUT2D eigenvalue weighted by molar-refractivity contribution is 5.93.